The summed E-state index contributed by atoms with van der Waals surface area (Å²) in [5, 5.41) is 0. The number of halogens is 6. The molecular formula is C23H24F6. The van der Waals surface area contributed by atoms with Crippen molar-refractivity contribution in [2.24, 2.45) is 10.8 Å². The molecule has 1 aliphatic carbocycles. The van der Waals surface area contributed by atoms with E-state index in [-0.39, 0.29) is 11.1 Å². The third-order valence-corrected chi connectivity index (χ3v) is 6.04. The van der Waals surface area contributed by atoms with Crippen LogP contribution in [0.4, 0.5) is 26.3 Å². The van der Waals surface area contributed by atoms with Crippen molar-refractivity contribution in [3.05, 3.63) is 58.7 Å². The Balaban J connectivity index is 2.49. The van der Waals surface area contributed by atoms with Gasteiger partial charge in [0.25, 0.3) is 0 Å². The van der Waals surface area contributed by atoms with Crippen LogP contribution < -0.4 is 0 Å². The molecule has 0 spiro atoms. The Morgan fingerprint density at radius 2 is 0.862 bits per heavy atom. The molecule has 0 amide bonds. The summed E-state index contributed by atoms with van der Waals surface area (Å²) in [6, 6.07) is 6.94. The first kappa shape index (κ1) is 21.7. The number of hydrogen-bond donors (Lipinski definition) is 0. The molecule has 0 nitrogen and oxygen atoms in total. The van der Waals surface area contributed by atoms with Gasteiger partial charge in [-0.25, -0.2) is 0 Å². The Morgan fingerprint density at radius 3 is 1.10 bits per heavy atom. The molecule has 0 heterocycles. The second kappa shape index (κ2) is 6.02. The van der Waals surface area contributed by atoms with Crippen molar-refractivity contribution in [3.8, 4) is 11.1 Å². The summed E-state index contributed by atoms with van der Waals surface area (Å²) >= 11 is 0. The van der Waals surface area contributed by atoms with Crippen molar-refractivity contribution in [1.82, 2.24) is 0 Å². The Hall–Kier alpha value is -1.98. The van der Waals surface area contributed by atoms with Crippen LogP contribution in [0.2, 0.25) is 0 Å². The van der Waals surface area contributed by atoms with E-state index in [2.05, 4.69) is 0 Å². The maximum atomic E-state index is 13.4. The molecule has 0 unspecified atom stereocenters. The molecule has 0 aromatic heterocycles. The summed E-state index contributed by atoms with van der Waals surface area (Å²) in [6.07, 6.45) is -9.16. The van der Waals surface area contributed by atoms with E-state index in [0.29, 0.717) is 11.1 Å². The Kier molecular flexibility index (Phi) is 4.51. The molecule has 0 radical (unpaired) electrons. The highest BCUT2D eigenvalue weighted by atomic mass is 19.4. The van der Waals surface area contributed by atoms with Gasteiger partial charge in [-0.1, -0.05) is 53.7 Å². The van der Waals surface area contributed by atoms with Crippen molar-refractivity contribution in [1.29, 1.82) is 0 Å². The fourth-order valence-corrected chi connectivity index (χ4v) is 5.43. The Labute approximate surface area is 166 Å². The minimum Gasteiger partial charge on any atom is -0.166 e. The lowest BCUT2D eigenvalue weighted by Crippen LogP contribution is -2.49. The minimum absolute atomic E-state index is 0.228. The van der Waals surface area contributed by atoms with E-state index in [1.165, 1.54) is 12.1 Å². The van der Waals surface area contributed by atoms with E-state index in [1.807, 2.05) is 41.5 Å². The maximum Gasteiger partial charge on any atom is 0.416 e. The fraction of sp³-hybridized carbons (Fsp3) is 0.478. The van der Waals surface area contributed by atoms with E-state index in [0.717, 1.165) is 24.3 Å². The summed E-state index contributed by atoms with van der Waals surface area (Å²) in [5.41, 5.74) is -1.69. The smallest absolute Gasteiger partial charge is 0.166 e. The van der Waals surface area contributed by atoms with Gasteiger partial charge in [-0.2, -0.15) is 26.3 Å². The van der Waals surface area contributed by atoms with E-state index in [4.69, 9.17) is 0 Å². The number of hydrogen-bond acceptors (Lipinski definition) is 0. The zero-order valence-corrected chi connectivity index (χ0v) is 17.2. The summed E-state index contributed by atoms with van der Waals surface area (Å²) < 4.78 is 80.3. The first-order valence-corrected chi connectivity index (χ1v) is 9.36. The lowest BCUT2D eigenvalue weighted by atomic mass is 9.50. The lowest BCUT2D eigenvalue weighted by molar-refractivity contribution is -0.138. The van der Waals surface area contributed by atoms with Gasteiger partial charge in [0, 0.05) is 5.41 Å². The molecule has 2 aromatic carbocycles. The SMILES string of the molecule is CC(C)(C)C1(C(C)(C)C)c2ccc(C(F)(F)F)cc2-c2cc(C(F)(F)F)ccc21. The van der Waals surface area contributed by atoms with Crippen LogP contribution >= 0.6 is 0 Å². The molecule has 158 valence electrons. The van der Waals surface area contributed by atoms with Crippen molar-refractivity contribution >= 4 is 0 Å². The van der Waals surface area contributed by atoms with Crippen molar-refractivity contribution in [3.63, 3.8) is 0 Å². The fourth-order valence-electron chi connectivity index (χ4n) is 5.43. The molecule has 1 aliphatic rings. The van der Waals surface area contributed by atoms with Gasteiger partial charge in [0.05, 0.1) is 11.1 Å². The van der Waals surface area contributed by atoms with Crippen molar-refractivity contribution in [2.75, 3.05) is 0 Å². The van der Waals surface area contributed by atoms with Gasteiger partial charge >= 0.3 is 12.4 Å². The van der Waals surface area contributed by atoms with E-state index in [9.17, 15) is 26.3 Å². The first-order valence-electron chi connectivity index (χ1n) is 9.36. The number of alkyl halides is 6. The molecular weight excluding hydrogens is 390 g/mol. The molecule has 29 heavy (non-hydrogen) atoms. The molecule has 6 heteroatoms. The quantitative estimate of drug-likeness (QED) is 0.382. The molecule has 0 N–H and O–H groups in total. The standard InChI is InChI=1S/C23H24F6/c1-19(2,3)21(20(4,5)6)17-9-7-13(22(24,25)26)11-15(17)16-12-14(23(27,28)29)8-10-18(16)21/h7-12H,1-6H3. The van der Waals surface area contributed by atoms with Crippen LogP contribution in [0.5, 0.6) is 0 Å². The summed E-state index contributed by atoms with van der Waals surface area (Å²) in [5.74, 6) is 0. The van der Waals surface area contributed by atoms with Gasteiger partial charge in [-0.3, -0.25) is 0 Å². The van der Waals surface area contributed by atoms with Crippen LogP contribution in [0.3, 0.4) is 0 Å². The highest BCUT2D eigenvalue weighted by molar-refractivity contribution is 5.83. The van der Waals surface area contributed by atoms with Gasteiger partial charge < -0.3 is 0 Å². The third kappa shape index (κ3) is 3.06. The van der Waals surface area contributed by atoms with Crippen LogP contribution in [0.25, 0.3) is 11.1 Å². The van der Waals surface area contributed by atoms with Crippen LogP contribution in [-0.4, -0.2) is 0 Å². The molecule has 0 saturated heterocycles. The summed E-state index contributed by atoms with van der Waals surface area (Å²) in [7, 11) is 0. The highest BCUT2D eigenvalue weighted by Gasteiger charge is 2.58. The van der Waals surface area contributed by atoms with E-state index < -0.39 is 39.7 Å². The summed E-state index contributed by atoms with van der Waals surface area (Å²) in [4.78, 5) is 0. The molecule has 0 fully saturated rings. The van der Waals surface area contributed by atoms with Gasteiger partial charge in [-0.15, -0.1) is 0 Å². The van der Waals surface area contributed by atoms with Gasteiger partial charge in [-0.05, 0) is 57.3 Å². The molecule has 2 aromatic rings. The van der Waals surface area contributed by atoms with Crippen molar-refractivity contribution < 1.29 is 26.3 Å². The van der Waals surface area contributed by atoms with Gasteiger partial charge in [0.2, 0.25) is 0 Å². The topological polar surface area (TPSA) is 0 Å². The van der Waals surface area contributed by atoms with Crippen LogP contribution in [-0.2, 0) is 17.8 Å². The van der Waals surface area contributed by atoms with E-state index >= 15 is 0 Å². The number of rotatable bonds is 0. The third-order valence-electron chi connectivity index (χ3n) is 6.04. The number of benzene rings is 2. The molecule has 0 bridgehead atoms. The second-order valence-corrected chi connectivity index (χ2v) is 9.77. The van der Waals surface area contributed by atoms with Crippen LogP contribution in [0.15, 0.2) is 36.4 Å². The first-order chi connectivity index (χ1) is 12.9. The molecule has 3 rings (SSSR count). The van der Waals surface area contributed by atoms with Gasteiger partial charge in [0.15, 0.2) is 0 Å². The molecule has 0 saturated carbocycles. The van der Waals surface area contributed by atoms with Crippen molar-refractivity contribution in [2.45, 2.75) is 59.3 Å². The van der Waals surface area contributed by atoms with Crippen LogP contribution in [0, 0.1) is 10.8 Å². The average Bonchev–Trinajstić information content (AvgIpc) is 2.82. The zero-order valence-electron chi connectivity index (χ0n) is 17.2. The predicted molar refractivity (Wildman–Crippen MR) is 102 cm³/mol. The molecule has 0 atom stereocenters. The number of fused-ring (bicyclic) bond motifs is 3. The maximum absolute atomic E-state index is 13.4. The minimum atomic E-state index is -4.58. The Bertz CT molecular complexity index is 870. The zero-order chi connectivity index (χ0) is 22.2. The largest absolute Gasteiger partial charge is 0.416 e. The summed E-state index contributed by atoms with van der Waals surface area (Å²) in [6.45, 7) is 11.9. The average molecular weight is 414 g/mol. The lowest BCUT2D eigenvalue weighted by Gasteiger charge is -2.53. The Morgan fingerprint density at radius 1 is 0.552 bits per heavy atom. The molecule has 0 aliphatic heterocycles. The van der Waals surface area contributed by atoms with Crippen LogP contribution in [0.1, 0.15) is 63.8 Å². The predicted octanol–water partition coefficient (Wildman–Crippen LogP) is 8.08. The second-order valence-electron chi connectivity index (χ2n) is 9.77. The van der Waals surface area contributed by atoms with Gasteiger partial charge in [0.1, 0.15) is 0 Å². The monoisotopic (exact) mass is 414 g/mol. The normalized spacial score (nSPS) is 16.6. The van der Waals surface area contributed by atoms with E-state index in [1.54, 1.807) is 0 Å². The highest BCUT2D eigenvalue weighted by Crippen LogP contribution is 2.65.